The molecule has 0 amide bonds. The van der Waals surface area contributed by atoms with Gasteiger partial charge >= 0.3 is 11.9 Å². The number of rotatable bonds is 4. The van der Waals surface area contributed by atoms with Crippen molar-refractivity contribution >= 4 is 11.9 Å². The van der Waals surface area contributed by atoms with Gasteiger partial charge in [0, 0.05) is 0 Å². The number of esters is 1. The van der Waals surface area contributed by atoms with Crippen LogP contribution in [0.3, 0.4) is 0 Å². The smallest absolute Gasteiger partial charge is 0.335 e. The Morgan fingerprint density at radius 2 is 1.72 bits per heavy atom. The maximum atomic E-state index is 11.4. The Bertz CT molecular complexity index is 428. The number of carboxylic acid groups (broad SMARTS) is 1. The molecule has 98 valence electrons. The van der Waals surface area contributed by atoms with Crippen LogP contribution in [-0.2, 0) is 9.53 Å². The Hall–Kier alpha value is -2.04. The second-order valence-corrected chi connectivity index (χ2v) is 4.77. The van der Waals surface area contributed by atoms with Gasteiger partial charge in [-0.1, -0.05) is 0 Å². The molecule has 0 aliphatic heterocycles. The van der Waals surface area contributed by atoms with E-state index in [9.17, 15) is 9.59 Å². The Kier molecular flexibility index (Phi) is 4.31. The van der Waals surface area contributed by atoms with Crippen LogP contribution in [0.5, 0.6) is 5.75 Å². The van der Waals surface area contributed by atoms with Gasteiger partial charge in [-0.15, -0.1) is 0 Å². The molecule has 0 bridgehead atoms. The molecule has 0 aliphatic carbocycles. The lowest BCUT2D eigenvalue weighted by Crippen LogP contribution is -2.24. The molecule has 0 unspecified atom stereocenters. The van der Waals surface area contributed by atoms with E-state index in [0.29, 0.717) is 5.75 Å². The SMILES string of the molecule is CC(C)(C)C(=O)OCOc1ccc(C(=O)O)cc1. The third-order valence-electron chi connectivity index (χ3n) is 2.13. The number of hydrogen-bond donors (Lipinski definition) is 1. The van der Waals surface area contributed by atoms with Crippen LogP contribution in [0.25, 0.3) is 0 Å². The number of hydrogen-bond acceptors (Lipinski definition) is 4. The summed E-state index contributed by atoms with van der Waals surface area (Å²) in [6.45, 7) is 5.05. The first-order valence-electron chi connectivity index (χ1n) is 5.44. The largest absolute Gasteiger partial charge is 0.478 e. The summed E-state index contributed by atoms with van der Waals surface area (Å²) in [5, 5.41) is 8.70. The van der Waals surface area contributed by atoms with E-state index in [0.717, 1.165) is 0 Å². The fourth-order valence-electron chi connectivity index (χ4n) is 1.06. The zero-order valence-electron chi connectivity index (χ0n) is 10.6. The summed E-state index contributed by atoms with van der Waals surface area (Å²) in [7, 11) is 0. The summed E-state index contributed by atoms with van der Waals surface area (Å²) in [6.07, 6.45) is 0. The average molecular weight is 252 g/mol. The van der Waals surface area contributed by atoms with Crippen LogP contribution >= 0.6 is 0 Å². The number of benzene rings is 1. The van der Waals surface area contributed by atoms with Crippen LogP contribution < -0.4 is 4.74 Å². The molecule has 0 saturated carbocycles. The normalized spacial score (nSPS) is 10.8. The van der Waals surface area contributed by atoms with Gasteiger partial charge in [0.2, 0.25) is 6.79 Å². The van der Waals surface area contributed by atoms with E-state index < -0.39 is 11.4 Å². The molecule has 1 rings (SSSR count). The first-order valence-corrected chi connectivity index (χ1v) is 5.44. The van der Waals surface area contributed by atoms with Gasteiger partial charge in [-0.3, -0.25) is 4.79 Å². The van der Waals surface area contributed by atoms with Gasteiger partial charge in [-0.2, -0.15) is 0 Å². The second kappa shape index (κ2) is 5.53. The zero-order chi connectivity index (χ0) is 13.8. The Morgan fingerprint density at radius 1 is 1.17 bits per heavy atom. The topological polar surface area (TPSA) is 72.8 Å². The van der Waals surface area contributed by atoms with Crippen molar-refractivity contribution in [2.24, 2.45) is 5.41 Å². The van der Waals surface area contributed by atoms with Gasteiger partial charge in [-0.05, 0) is 45.0 Å². The highest BCUT2D eigenvalue weighted by atomic mass is 16.7. The van der Waals surface area contributed by atoms with E-state index in [1.165, 1.54) is 24.3 Å². The van der Waals surface area contributed by atoms with E-state index >= 15 is 0 Å². The molecule has 1 N–H and O–H groups in total. The molecule has 18 heavy (non-hydrogen) atoms. The minimum Gasteiger partial charge on any atom is -0.478 e. The summed E-state index contributed by atoms with van der Waals surface area (Å²) in [4.78, 5) is 22.0. The van der Waals surface area contributed by atoms with Crippen LogP contribution in [0.1, 0.15) is 31.1 Å². The molecule has 0 atom stereocenters. The van der Waals surface area contributed by atoms with Gasteiger partial charge in [0.25, 0.3) is 0 Å². The van der Waals surface area contributed by atoms with Crippen LogP contribution in [0.4, 0.5) is 0 Å². The fourth-order valence-corrected chi connectivity index (χ4v) is 1.06. The predicted molar refractivity (Wildman–Crippen MR) is 64.4 cm³/mol. The Balaban J connectivity index is 2.45. The van der Waals surface area contributed by atoms with Crippen LogP contribution in [0.2, 0.25) is 0 Å². The molecule has 0 fully saturated rings. The van der Waals surface area contributed by atoms with E-state index in [4.69, 9.17) is 14.6 Å². The summed E-state index contributed by atoms with van der Waals surface area (Å²) >= 11 is 0. The van der Waals surface area contributed by atoms with Gasteiger partial charge in [0.15, 0.2) is 0 Å². The molecule has 1 aromatic carbocycles. The van der Waals surface area contributed by atoms with Crippen molar-refractivity contribution in [3.63, 3.8) is 0 Å². The lowest BCUT2D eigenvalue weighted by atomic mass is 9.98. The highest BCUT2D eigenvalue weighted by Gasteiger charge is 2.22. The zero-order valence-corrected chi connectivity index (χ0v) is 10.6. The number of carboxylic acids is 1. The van der Waals surface area contributed by atoms with Crippen molar-refractivity contribution in [3.8, 4) is 5.75 Å². The highest BCUT2D eigenvalue weighted by Crippen LogP contribution is 2.16. The number of carbonyl (C=O) groups is 2. The van der Waals surface area contributed by atoms with E-state index in [2.05, 4.69) is 0 Å². The fraction of sp³-hybridized carbons (Fsp3) is 0.385. The van der Waals surface area contributed by atoms with Crippen molar-refractivity contribution in [3.05, 3.63) is 29.8 Å². The third kappa shape index (κ3) is 4.08. The standard InChI is InChI=1S/C13H16O5/c1-13(2,3)12(16)18-8-17-10-6-4-9(5-7-10)11(14)15/h4-7H,8H2,1-3H3,(H,14,15). The molecule has 0 spiro atoms. The molecule has 0 aromatic heterocycles. The molecule has 0 aliphatic rings. The van der Waals surface area contributed by atoms with Crippen LogP contribution in [-0.4, -0.2) is 23.8 Å². The van der Waals surface area contributed by atoms with Crippen molar-refractivity contribution < 1.29 is 24.2 Å². The monoisotopic (exact) mass is 252 g/mol. The third-order valence-corrected chi connectivity index (χ3v) is 2.13. The maximum Gasteiger partial charge on any atom is 0.335 e. The minimum atomic E-state index is -0.999. The molecular weight excluding hydrogens is 236 g/mol. The minimum absolute atomic E-state index is 0.175. The number of ether oxygens (including phenoxy) is 2. The van der Waals surface area contributed by atoms with Gasteiger partial charge in [0.05, 0.1) is 11.0 Å². The Morgan fingerprint density at radius 3 is 2.17 bits per heavy atom. The average Bonchev–Trinajstić information content (AvgIpc) is 2.28. The number of aromatic carboxylic acids is 1. The summed E-state index contributed by atoms with van der Waals surface area (Å²) < 4.78 is 10.1. The first kappa shape index (κ1) is 14.0. The molecular formula is C13H16O5. The van der Waals surface area contributed by atoms with Crippen molar-refractivity contribution in [1.82, 2.24) is 0 Å². The van der Waals surface area contributed by atoms with Gasteiger partial charge in [-0.25, -0.2) is 4.79 Å². The molecule has 0 saturated heterocycles. The quantitative estimate of drug-likeness (QED) is 0.657. The van der Waals surface area contributed by atoms with Crippen LogP contribution in [0.15, 0.2) is 24.3 Å². The molecule has 0 heterocycles. The predicted octanol–water partition coefficient (Wildman–Crippen LogP) is 2.31. The molecule has 5 heteroatoms. The number of carbonyl (C=O) groups excluding carboxylic acids is 1. The van der Waals surface area contributed by atoms with Gasteiger partial charge < -0.3 is 14.6 Å². The summed E-state index contributed by atoms with van der Waals surface area (Å²) in [5.41, 5.74) is -0.398. The first-order chi connectivity index (χ1) is 8.30. The van der Waals surface area contributed by atoms with Crippen molar-refractivity contribution in [1.29, 1.82) is 0 Å². The van der Waals surface area contributed by atoms with Crippen molar-refractivity contribution in [2.75, 3.05) is 6.79 Å². The van der Waals surface area contributed by atoms with E-state index in [1.54, 1.807) is 20.8 Å². The second-order valence-electron chi connectivity index (χ2n) is 4.77. The van der Waals surface area contributed by atoms with Crippen LogP contribution in [0, 0.1) is 5.41 Å². The van der Waals surface area contributed by atoms with Crippen molar-refractivity contribution in [2.45, 2.75) is 20.8 Å². The Labute approximate surface area is 105 Å². The maximum absolute atomic E-state index is 11.4. The highest BCUT2D eigenvalue weighted by molar-refractivity contribution is 5.87. The lowest BCUT2D eigenvalue weighted by Gasteiger charge is -2.16. The molecule has 5 nitrogen and oxygen atoms in total. The lowest BCUT2D eigenvalue weighted by molar-refractivity contribution is -0.159. The van der Waals surface area contributed by atoms with E-state index in [1.807, 2.05) is 0 Å². The molecule has 0 radical (unpaired) electrons. The van der Waals surface area contributed by atoms with E-state index in [-0.39, 0.29) is 18.3 Å². The molecule has 1 aromatic rings. The summed E-state index contributed by atoms with van der Waals surface area (Å²) in [5.74, 6) is -0.910. The summed E-state index contributed by atoms with van der Waals surface area (Å²) in [6, 6.07) is 5.86. The van der Waals surface area contributed by atoms with Gasteiger partial charge in [0.1, 0.15) is 5.75 Å².